The van der Waals surface area contributed by atoms with E-state index in [0.717, 1.165) is 0 Å². The van der Waals surface area contributed by atoms with Crippen molar-refractivity contribution in [2.45, 2.75) is 19.8 Å². The predicted octanol–water partition coefficient (Wildman–Crippen LogP) is 1.78. The summed E-state index contributed by atoms with van der Waals surface area (Å²) in [7, 11) is 1.51. The van der Waals surface area contributed by atoms with E-state index in [-0.39, 0.29) is 11.8 Å². The van der Waals surface area contributed by atoms with Crippen molar-refractivity contribution in [2.24, 2.45) is 17.8 Å². The predicted molar refractivity (Wildman–Crippen MR) is 72.4 cm³/mol. The van der Waals surface area contributed by atoms with Crippen LogP contribution in [0.5, 0.6) is 5.88 Å². The number of nitrogens with one attached hydrogen (secondary N) is 1. The fourth-order valence-electron chi connectivity index (χ4n) is 2.66. The van der Waals surface area contributed by atoms with Crippen LogP contribution in [0.4, 0.5) is 5.69 Å². The van der Waals surface area contributed by atoms with Gasteiger partial charge >= 0.3 is 5.97 Å². The Labute approximate surface area is 117 Å². The highest BCUT2D eigenvalue weighted by Crippen LogP contribution is 2.37. The van der Waals surface area contributed by atoms with E-state index in [1.165, 1.54) is 13.3 Å². The van der Waals surface area contributed by atoms with Crippen LogP contribution in [0.15, 0.2) is 18.3 Å². The molecule has 0 bridgehead atoms. The van der Waals surface area contributed by atoms with E-state index in [0.29, 0.717) is 24.4 Å². The first-order chi connectivity index (χ1) is 9.51. The first-order valence-electron chi connectivity index (χ1n) is 6.55. The van der Waals surface area contributed by atoms with E-state index in [1.54, 1.807) is 12.1 Å². The van der Waals surface area contributed by atoms with E-state index in [4.69, 9.17) is 4.74 Å². The summed E-state index contributed by atoms with van der Waals surface area (Å²) in [6.45, 7) is 1.97. The number of carboxylic acids is 1. The lowest BCUT2D eigenvalue weighted by atomic mass is 9.95. The molecule has 6 heteroatoms. The highest BCUT2D eigenvalue weighted by atomic mass is 16.5. The number of methoxy groups -OCH3 is 1. The highest BCUT2D eigenvalue weighted by Gasteiger charge is 2.41. The molecule has 1 aliphatic carbocycles. The first kappa shape index (κ1) is 14.3. The average molecular weight is 278 g/mol. The van der Waals surface area contributed by atoms with Crippen molar-refractivity contribution in [1.82, 2.24) is 4.98 Å². The van der Waals surface area contributed by atoms with Gasteiger partial charge in [-0.25, -0.2) is 4.98 Å². The summed E-state index contributed by atoms with van der Waals surface area (Å²) >= 11 is 0. The van der Waals surface area contributed by atoms with Gasteiger partial charge in [-0.05, 0) is 24.8 Å². The Bertz CT molecular complexity index is 500. The van der Waals surface area contributed by atoms with Gasteiger partial charge in [0.15, 0.2) is 0 Å². The minimum absolute atomic E-state index is 0.251. The van der Waals surface area contributed by atoms with E-state index < -0.39 is 17.8 Å². The first-order valence-corrected chi connectivity index (χ1v) is 6.55. The zero-order chi connectivity index (χ0) is 14.7. The molecule has 1 aliphatic rings. The Kier molecular flexibility index (Phi) is 4.22. The van der Waals surface area contributed by atoms with Crippen LogP contribution in [-0.2, 0) is 9.59 Å². The zero-order valence-electron chi connectivity index (χ0n) is 11.5. The second-order valence-corrected chi connectivity index (χ2v) is 5.21. The largest absolute Gasteiger partial charge is 0.481 e. The Hall–Kier alpha value is -2.11. The third-order valence-electron chi connectivity index (χ3n) is 3.67. The van der Waals surface area contributed by atoms with Crippen molar-refractivity contribution in [1.29, 1.82) is 0 Å². The fraction of sp³-hybridized carbons (Fsp3) is 0.500. The van der Waals surface area contributed by atoms with E-state index in [1.807, 2.05) is 6.92 Å². The molecule has 1 aromatic rings. The number of pyridine rings is 1. The van der Waals surface area contributed by atoms with Crippen LogP contribution in [0, 0.1) is 17.8 Å². The van der Waals surface area contributed by atoms with Crippen molar-refractivity contribution >= 4 is 17.6 Å². The molecular formula is C14H18N2O4. The van der Waals surface area contributed by atoms with Crippen molar-refractivity contribution in [2.75, 3.05) is 12.4 Å². The van der Waals surface area contributed by atoms with Crippen LogP contribution in [0.1, 0.15) is 19.8 Å². The Morgan fingerprint density at radius 1 is 1.35 bits per heavy atom. The summed E-state index contributed by atoms with van der Waals surface area (Å²) in [4.78, 5) is 27.4. The third-order valence-corrected chi connectivity index (χ3v) is 3.67. The SMILES string of the molecule is COc1ccc(NC(=O)C2CC(C)CC2C(=O)O)cn1. The molecule has 1 aromatic heterocycles. The monoisotopic (exact) mass is 278 g/mol. The number of ether oxygens (including phenoxy) is 1. The van der Waals surface area contributed by atoms with Crippen LogP contribution in [0.2, 0.25) is 0 Å². The molecule has 1 saturated carbocycles. The summed E-state index contributed by atoms with van der Waals surface area (Å²) in [6, 6.07) is 3.32. The number of carbonyl (C=O) groups is 2. The number of anilines is 1. The van der Waals surface area contributed by atoms with Crippen molar-refractivity contribution < 1.29 is 19.4 Å². The molecule has 0 aromatic carbocycles. The van der Waals surface area contributed by atoms with Crippen LogP contribution in [-0.4, -0.2) is 29.1 Å². The minimum Gasteiger partial charge on any atom is -0.481 e. The number of carbonyl (C=O) groups excluding carboxylic acids is 1. The Balaban J connectivity index is 2.04. The lowest BCUT2D eigenvalue weighted by Gasteiger charge is -2.15. The lowest BCUT2D eigenvalue weighted by molar-refractivity contribution is -0.145. The quantitative estimate of drug-likeness (QED) is 0.876. The summed E-state index contributed by atoms with van der Waals surface area (Å²) in [6.07, 6.45) is 2.64. The molecule has 0 spiro atoms. The average Bonchev–Trinajstić information content (AvgIpc) is 2.82. The summed E-state index contributed by atoms with van der Waals surface area (Å²) < 4.78 is 4.93. The number of hydrogen-bond donors (Lipinski definition) is 2. The van der Waals surface area contributed by atoms with Gasteiger partial charge in [-0.1, -0.05) is 6.92 Å². The number of amides is 1. The van der Waals surface area contributed by atoms with Gasteiger partial charge in [0.2, 0.25) is 11.8 Å². The summed E-state index contributed by atoms with van der Waals surface area (Å²) in [5.74, 6) is -1.53. The maximum atomic E-state index is 12.2. The van der Waals surface area contributed by atoms with Gasteiger partial charge in [-0.3, -0.25) is 9.59 Å². The second kappa shape index (κ2) is 5.90. The zero-order valence-corrected chi connectivity index (χ0v) is 11.5. The van der Waals surface area contributed by atoms with Gasteiger partial charge in [-0.2, -0.15) is 0 Å². The van der Waals surface area contributed by atoms with Crippen molar-refractivity contribution in [3.05, 3.63) is 18.3 Å². The van der Waals surface area contributed by atoms with Gasteiger partial charge < -0.3 is 15.2 Å². The lowest BCUT2D eigenvalue weighted by Crippen LogP contribution is -2.30. The molecule has 3 atom stereocenters. The normalized spacial score (nSPS) is 25.2. The number of aromatic nitrogens is 1. The van der Waals surface area contributed by atoms with Crippen LogP contribution < -0.4 is 10.1 Å². The molecule has 1 fully saturated rings. The molecule has 3 unspecified atom stereocenters. The maximum absolute atomic E-state index is 12.2. The number of rotatable bonds is 4. The number of nitrogens with zero attached hydrogens (tertiary/aromatic N) is 1. The number of carboxylic acid groups (broad SMARTS) is 1. The Morgan fingerprint density at radius 3 is 2.60 bits per heavy atom. The fourth-order valence-corrected chi connectivity index (χ4v) is 2.66. The second-order valence-electron chi connectivity index (χ2n) is 5.21. The molecule has 20 heavy (non-hydrogen) atoms. The van der Waals surface area contributed by atoms with E-state index in [9.17, 15) is 14.7 Å². The summed E-state index contributed by atoms with van der Waals surface area (Å²) in [5.41, 5.74) is 0.541. The molecule has 1 heterocycles. The van der Waals surface area contributed by atoms with Crippen LogP contribution in [0.25, 0.3) is 0 Å². The topological polar surface area (TPSA) is 88.5 Å². The highest BCUT2D eigenvalue weighted by molar-refractivity contribution is 5.95. The van der Waals surface area contributed by atoms with Gasteiger partial charge in [0.05, 0.1) is 30.8 Å². The van der Waals surface area contributed by atoms with E-state index in [2.05, 4.69) is 10.3 Å². The molecular weight excluding hydrogens is 260 g/mol. The molecule has 1 amide bonds. The number of aliphatic carboxylic acids is 1. The molecule has 2 N–H and O–H groups in total. The third kappa shape index (κ3) is 3.07. The van der Waals surface area contributed by atoms with Crippen LogP contribution >= 0.6 is 0 Å². The minimum atomic E-state index is -0.901. The molecule has 0 saturated heterocycles. The van der Waals surface area contributed by atoms with Crippen molar-refractivity contribution in [3.63, 3.8) is 0 Å². The van der Waals surface area contributed by atoms with Crippen molar-refractivity contribution in [3.8, 4) is 5.88 Å². The summed E-state index contributed by atoms with van der Waals surface area (Å²) in [5, 5.41) is 11.9. The van der Waals surface area contributed by atoms with Gasteiger partial charge in [0.1, 0.15) is 0 Å². The van der Waals surface area contributed by atoms with E-state index >= 15 is 0 Å². The van der Waals surface area contributed by atoms with Gasteiger partial charge in [0.25, 0.3) is 0 Å². The molecule has 0 radical (unpaired) electrons. The smallest absolute Gasteiger partial charge is 0.307 e. The Morgan fingerprint density at radius 2 is 2.05 bits per heavy atom. The standard InChI is InChI=1S/C14H18N2O4/c1-8-5-10(11(6-8)14(18)19)13(17)16-9-3-4-12(20-2)15-7-9/h3-4,7-8,10-11H,5-6H2,1-2H3,(H,16,17)(H,18,19). The van der Waals surface area contributed by atoms with Crippen LogP contribution in [0.3, 0.4) is 0 Å². The van der Waals surface area contributed by atoms with Gasteiger partial charge in [0, 0.05) is 6.07 Å². The molecule has 2 rings (SSSR count). The van der Waals surface area contributed by atoms with Gasteiger partial charge in [-0.15, -0.1) is 0 Å². The molecule has 6 nitrogen and oxygen atoms in total. The molecule has 108 valence electrons. The number of hydrogen-bond acceptors (Lipinski definition) is 4. The maximum Gasteiger partial charge on any atom is 0.307 e. The molecule has 0 aliphatic heterocycles.